The predicted molar refractivity (Wildman–Crippen MR) is 72.9 cm³/mol. The normalized spacial score (nSPS) is 9.78. The zero-order valence-corrected chi connectivity index (χ0v) is 10.5. The molecule has 0 spiro atoms. The first kappa shape index (κ1) is 12.4. The molecular weight excluding hydrogens is 246 g/mol. The number of para-hydroxylation sites is 1. The van der Waals surface area contributed by atoms with Gasteiger partial charge in [-0.05, 0) is 18.2 Å². The molecule has 18 heavy (non-hydrogen) atoms. The largest absolute Gasteiger partial charge is 0.339 e. The van der Waals surface area contributed by atoms with E-state index in [2.05, 4.69) is 11.1 Å². The molecule has 0 saturated heterocycles. The van der Waals surface area contributed by atoms with Gasteiger partial charge in [0.2, 0.25) is 0 Å². The van der Waals surface area contributed by atoms with E-state index in [-0.39, 0.29) is 0 Å². The number of halogens is 1. The van der Waals surface area contributed by atoms with Crippen LogP contribution in [-0.2, 0) is 0 Å². The fourth-order valence-corrected chi connectivity index (χ4v) is 1.97. The SMILES string of the molecule is N#CCCN(c1ccccc1)c1ccncc1Cl. The van der Waals surface area contributed by atoms with Gasteiger partial charge in [-0.15, -0.1) is 0 Å². The zero-order valence-electron chi connectivity index (χ0n) is 9.75. The Morgan fingerprint density at radius 2 is 2.00 bits per heavy atom. The van der Waals surface area contributed by atoms with Gasteiger partial charge in [-0.3, -0.25) is 4.98 Å². The third kappa shape index (κ3) is 2.79. The molecule has 2 aromatic rings. The summed E-state index contributed by atoms with van der Waals surface area (Å²) in [6.07, 6.45) is 3.75. The Labute approximate surface area is 111 Å². The molecule has 1 aromatic carbocycles. The highest BCUT2D eigenvalue weighted by molar-refractivity contribution is 6.33. The van der Waals surface area contributed by atoms with Crippen molar-refractivity contribution in [1.29, 1.82) is 5.26 Å². The lowest BCUT2D eigenvalue weighted by Gasteiger charge is -2.24. The molecule has 0 aliphatic heterocycles. The molecule has 0 radical (unpaired) electrons. The minimum atomic E-state index is 0.438. The molecule has 0 unspecified atom stereocenters. The van der Waals surface area contributed by atoms with E-state index in [1.165, 1.54) is 0 Å². The lowest BCUT2D eigenvalue weighted by atomic mass is 10.2. The molecule has 0 aliphatic carbocycles. The van der Waals surface area contributed by atoms with Crippen molar-refractivity contribution < 1.29 is 0 Å². The van der Waals surface area contributed by atoms with Gasteiger partial charge in [0.05, 0.1) is 23.2 Å². The van der Waals surface area contributed by atoms with Crippen LogP contribution in [-0.4, -0.2) is 11.5 Å². The summed E-state index contributed by atoms with van der Waals surface area (Å²) in [6, 6.07) is 13.9. The summed E-state index contributed by atoms with van der Waals surface area (Å²) in [4.78, 5) is 6.00. The predicted octanol–water partition coefficient (Wildman–Crippen LogP) is 3.79. The van der Waals surface area contributed by atoms with Crippen LogP contribution in [0.4, 0.5) is 11.4 Å². The Morgan fingerprint density at radius 3 is 2.67 bits per heavy atom. The Hall–Kier alpha value is -2.05. The molecule has 0 N–H and O–H groups in total. The van der Waals surface area contributed by atoms with Crippen LogP contribution >= 0.6 is 11.6 Å². The second-order valence-electron chi connectivity index (χ2n) is 3.72. The second-order valence-corrected chi connectivity index (χ2v) is 4.13. The summed E-state index contributed by atoms with van der Waals surface area (Å²) in [5, 5.41) is 9.34. The maximum absolute atomic E-state index is 8.76. The number of hydrogen-bond donors (Lipinski definition) is 0. The minimum Gasteiger partial charge on any atom is -0.339 e. The van der Waals surface area contributed by atoms with E-state index in [1.54, 1.807) is 12.4 Å². The van der Waals surface area contributed by atoms with Crippen LogP contribution in [0.3, 0.4) is 0 Å². The first-order valence-corrected chi connectivity index (χ1v) is 6.00. The standard InChI is InChI=1S/C14H12ClN3/c15-13-11-17-9-7-14(13)18(10-4-8-16)12-5-2-1-3-6-12/h1-3,5-7,9,11H,4,10H2. The third-order valence-electron chi connectivity index (χ3n) is 2.56. The van der Waals surface area contributed by atoms with E-state index in [4.69, 9.17) is 16.9 Å². The van der Waals surface area contributed by atoms with Gasteiger partial charge < -0.3 is 4.90 Å². The van der Waals surface area contributed by atoms with Gasteiger partial charge in [-0.1, -0.05) is 29.8 Å². The van der Waals surface area contributed by atoms with E-state index in [0.29, 0.717) is 18.0 Å². The topological polar surface area (TPSA) is 39.9 Å². The molecule has 0 aliphatic rings. The molecule has 1 aromatic heterocycles. The summed E-state index contributed by atoms with van der Waals surface area (Å²) >= 11 is 6.16. The van der Waals surface area contributed by atoms with Crippen LogP contribution in [0.5, 0.6) is 0 Å². The number of nitrogens with zero attached hydrogens (tertiary/aromatic N) is 3. The summed E-state index contributed by atoms with van der Waals surface area (Å²) in [6.45, 7) is 0.601. The highest BCUT2D eigenvalue weighted by Crippen LogP contribution is 2.30. The number of aromatic nitrogens is 1. The van der Waals surface area contributed by atoms with Crippen LogP contribution in [0.15, 0.2) is 48.8 Å². The number of benzene rings is 1. The van der Waals surface area contributed by atoms with Crippen molar-refractivity contribution in [3.8, 4) is 6.07 Å². The van der Waals surface area contributed by atoms with Crippen LogP contribution in [0, 0.1) is 11.3 Å². The summed E-state index contributed by atoms with van der Waals surface area (Å²) in [7, 11) is 0. The number of anilines is 2. The highest BCUT2D eigenvalue weighted by Gasteiger charge is 2.11. The van der Waals surface area contributed by atoms with E-state index in [1.807, 2.05) is 41.3 Å². The monoisotopic (exact) mass is 257 g/mol. The van der Waals surface area contributed by atoms with Crippen LogP contribution in [0.2, 0.25) is 5.02 Å². The fraction of sp³-hybridized carbons (Fsp3) is 0.143. The van der Waals surface area contributed by atoms with Gasteiger partial charge in [-0.2, -0.15) is 5.26 Å². The van der Waals surface area contributed by atoms with Crippen molar-refractivity contribution >= 4 is 23.0 Å². The lowest BCUT2D eigenvalue weighted by molar-refractivity contribution is 0.946. The van der Waals surface area contributed by atoms with Crippen molar-refractivity contribution in [2.75, 3.05) is 11.4 Å². The molecular formula is C14H12ClN3. The lowest BCUT2D eigenvalue weighted by Crippen LogP contribution is -2.18. The van der Waals surface area contributed by atoms with Crippen LogP contribution in [0.1, 0.15) is 6.42 Å². The van der Waals surface area contributed by atoms with E-state index < -0.39 is 0 Å². The number of nitriles is 1. The van der Waals surface area contributed by atoms with Crippen molar-refractivity contribution in [1.82, 2.24) is 4.98 Å². The fourth-order valence-electron chi connectivity index (χ4n) is 1.75. The van der Waals surface area contributed by atoms with Gasteiger partial charge in [0.1, 0.15) is 0 Å². The van der Waals surface area contributed by atoms with Gasteiger partial charge in [0, 0.05) is 24.6 Å². The molecule has 2 rings (SSSR count). The van der Waals surface area contributed by atoms with Crippen molar-refractivity contribution in [3.05, 3.63) is 53.8 Å². The molecule has 0 saturated carbocycles. The second kappa shape index (κ2) is 6.04. The maximum Gasteiger partial charge on any atom is 0.0826 e. The van der Waals surface area contributed by atoms with Crippen LogP contribution < -0.4 is 4.90 Å². The van der Waals surface area contributed by atoms with Crippen molar-refractivity contribution in [2.24, 2.45) is 0 Å². The molecule has 0 atom stereocenters. The minimum absolute atomic E-state index is 0.438. The maximum atomic E-state index is 8.76. The Morgan fingerprint density at radius 1 is 1.22 bits per heavy atom. The number of hydrogen-bond acceptors (Lipinski definition) is 3. The zero-order chi connectivity index (χ0) is 12.8. The van der Waals surface area contributed by atoms with E-state index in [9.17, 15) is 0 Å². The Bertz CT molecular complexity index is 548. The van der Waals surface area contributed by atoms with Gasteiger partial charge >= 0.3 is 0 Å². The molecule has 90 valence electrons. The smallest absolute Gasteiger partial charge is 0.0826 e. The average molecular weight is 258 g/mol. The quantitative estimate of drug-likeness (QED) is 0.837. The van der Waals surface area contributed by atoms with Gasteiger partial charge in [0.25, 0.3) is 0 Å². The van der Waals surface area contributed by atoms with E-state index in [0.717, 1.165) is 11.4 Å². The third-order valence-corrected chi connectivity index (χ3v) is 2.85. The number of rotatable bonds is 4. The Kier molecular flexibility index (Phi) is 4.16. The molecule has 4 heteroatoms. The van der Waals surface area contributed by atoms with E-state index >= 15 is 0 Å². The first-order valence-electron chi connectivity index (χ1n) is 5.62. The molecule has 0 fully saturated rings. The van der Waals surface area contributed by atoms with Crippen LogP contribution in [0.25, 0.3) is 0 Å². The summed E-state index contributed by atoms with van der Waals surface area (Å²) in [5.41, 5.74) is 1.88. The van der Waals surface area contributed by atoms with Gasteiger partial charge in [-0.25, -0.2) is 0 Å². The van der Waals surface area contributed by atoms with Crippen molar-refractivity contribution in [3.63, 3.8) is 0 Å². The summed E-state index contributed by atoms with van der Waals surface area (Å²) < 4.78 is 0. The number of pyridine rings is 1. The summed E-state index contributed by atoms with van der Waals surface area (Å²) in [5.74, 6) is 0. The molecule has 1 heterocycles. The van der Waals surface area contributed by atoms with Gasteiger partial charge in [0.15, 0.2) is 0 Å². The molecule has 3 nitrogen and oxygen atoms in total. The molecule has 0 bridgehead atoms. The first-order chi connectivity index (χ1) is 8.83. The molecule has 0 amide bonds. The Balaban J connectivity index is 2.38. The average Bonchev–Trinajstić information content (AvgIpc) is 2.42. The highest BCUT2D eigenvalue weighted by atomic mass is 35.5. The van der Waals surface area contributed by atoms with Crippen molar-refractivity contribution in [2.45, 2.75) is 6.42 Å².